The predicted molar refractivity (Wildman–Crippen MR) is 214 cm³/mol. The van der Waals surface area contributed by atoms with Crippen LogP contribution < -0.4 is 0 Å². The Labute approximate surface area is 325 Å². The summed E-state index contributed by atoms with van der Waals surface area (Å²) in [7, 11) is 2.23. The molecular formula is C44H57N7O4. The molecule has 11 nitrogen and oxygen atoms in total. The Balaban J connectivity index is 1.08. The Hall–Kier alpha value is -4.64. The van der Waals surface area contributed by atoms with Crippen molar-refractivity contribution in [3.05, 3.63) is 71.6 Å². The molecule has 3 fully saturated rings. The van der Waals surface area contributed by atoms with Gasteiger partial charge in [0.2, 0.25) is 0 Å². The summed E-state index contributed by atoms with van der Waals surface area (Å²) in [6, 6.07) is 13.2. The Morgan fingerprint density at radius 1 is 0.691 bits per heavy atom. The van der Waals surface area contributed by atoms with Gasteiger partial charge in [0.15, 0.2) is 0 Å². The zero-order valence-corrected chi connectivity index (χ0v) is 33.6. The largest absolute Gasteiger partial charge is 0.444 e. The number of aromatic nitrogens is 4. The molecule has 0 saturated carbocycles. The number of aromatic amines is 2. The van der Waals surface area contributed by atoms with Crippen molar-refractivity contribution >= 4 is 12.2 Å². The van der Waals surface area contributed by atoms with Crippen LogP contribution in [0.25, 0.3) is 33.6 Å². The first-order valence-electron chi connectivity index (χ1n) is 20.2. The van der Waals surface area contributed by atoms with Crippen LogP contribution in [0.1, 0.15) is 121 Å². The smallest absolute Gasteiger partial charge is 0.410 e. The first-order chi connectivity index (χ1) is 26.2. The van der Waals surface area contributed by atoms with Gasteiger partial charge in [0.1, 0.15) is 22.9 Å². The summed E-state index contributed by atoms with van der Waals surface area (Å²) in [4.78, 5) is 49.0. The molecule has 292 valence electrons. The Morgan fingerprint density at radius 2 is 1.20 bits per heavy atom. The van der Waals surface area contributed by atoms with Crippen LogP contribution in [0.4, 0.5) is 9.59 Å². The highest BCUT2D eigenvalue weighted by atomic mass is 16.6. The van der Waals surface area contributed by atoms with Crippen molar-refractivity contribution in [3.63, 3.8) is 0 Å². The Morgan fingerprint density at radius 3 is 1.76 bits per heavy atom. The molecule has 0 bridgehead atoms. The molecule has 5 heterocycles. The molecule has 4 aromatic rings. The van der Waals surface area contributed by atoms with E-state index in [2.05, 4.69) is 58.3 Å². The van der Waals surface area contributed by atoms with Crippen LogP contribution in [0, 0.1) is 0 Å². The number of ether oxygens (including phenoxy) is 2. The van der Waals surface area contributed by atoms with E-state index in [1.165, 1.54) is 27.8 Å². The maximum absolute atomic E-state index is 13.1. The van der Waals surface area contributed by atoms with Crippen molar-refractivity contribution in [3.8, 4) is 33.6 Å². The molecule has 11 heteroatoms. The number of amides is 2. The van der Waals surface area contributed by atoms with Crippen molar-refractivity contribution in [1.29, 1.82) is 0 Å². The van der Waals surface area contributed by atoms with Crippen molar-refractivity contribution in [2.24, 2.45) is 0 Å². The molecule has 8 rings (SSSR count). The molecule has 55 heavy (non-hydrogen) atoms. The number of imidazole rings is 2. The van der Waals surface area contributed by atoms with Gasteiger partial charge in [-0.2, -0.15) is 0 Å². The molecule has 4 aliphatic rings. The number of carbonyl (C=O) groups excluding carboxylic acids is 2. The molecule has 1 aliphatic carbocycles. The average molecular weight is 748 g/mol. The van der Waals surface area contributed by atoms with E-state index in [0.29, 0.717) is 13.1 Å². The van der Waals surface area contributed by atoms with Gasteiger partial charge in [0.25, 0.3) is 0 Å². The van der Waals surface area contributed by atoms with E-state index in [4.69, 9.17) is 19.4 Å². The van der Waals surface area contributed by atoms with Crippen LogP contribution in [0.3, 0.4) is 0 Å². The number of hydrogen-bond acceptors (Lipinski definition) is 7. The maximum Gasteiger partial charge on any atom is 0.410 e. The highest BCUT2D eigenvalue weighted by Crippen LogP contribution is 2.52. The number of likely N-dealkylation sites (tertiary alicyclic amines) is 3. The molecule has 0 radical (unpaired) electrons. The molecule has 2 N–H and O–H groups in total. The summed E-state index contributed by atoms with van der Waals surface area (Å²) in [5, 5.41) is 0. The number of nitrogens with zero attached hydrogens (tertiary/aromatic N) is 5. The topological polar surface area (TPSA) is 120 Å². The van der Waals surface area contributed by atoms with Gasteiger partial charge >= 0.3 is 12.2 Å². The fourth-order valence-corrected chi connectivity index (χ4v) is 9.35. The maximum atomic E-state index is 13.1. The second kappa shape index (κ2) is 14.1. The van der Waals surface area contributed by atoms with Gasteiger partial charge in [-0.3, -0.25) is 9.80 Å². The summed E-state index contributed by atoms with van der Waals surface area (Å²) in [5.74, 6) is 1.62. The van der Waals surface area contributed by atoms with Gasteiger partial charge in [0, 0.05) is 18.7 Å². The minimum Gasteiger partial charge on any atom is -0.444 e. The number of H-pyrrole nitrogens is 2. The lowest BCUT2D eigenvalue weighted by molar-refractivity contribution is 0.0208. The van der Waals surface area contributed by atoms with Gasteiger partial charge in [-0.1, -0.05) is 36.4 Å². The van der Waals surface area contributed by atoms with E-state index in [1.807, 2.05) is 58.8 Å². The summed E-state index contributed by atoms with van der Waals surface area (Å²) in [5.41, 5.74) is 8.69. The zero-order chi connectivity index (χ0) is 38.7. The monoisotopic (exact) mass is 747 g/mol. The van der Waals surface area contributed by atoms with Crippen LogP contribution in [-0.4, -0.2) is 91.3 Å². The van der Waals surface area contributed by atoms with E-state index in [0.717, 1.165) is 93.1 Å². The third kappa shape index (κ3) is 7.39. The van der Waals surface area contributed by atoms with Gasteiger partial charge in [-0.15, -0.1) is 0 Å². The van der Waals surface area contributed by atoms with E-state index in [-0.39, 0.29) is 29.7 Å². The van der Waals surface area contributed by atoms with E-state index >= 15 is 0 Å². The second-order valence-electron chi connectivity index (χ2n) is 18.2. The molecule has 2 atom stereocenters. The predicted octanol–water partition coefficient (Wildman–Crippen LogP) is 9.19. The van der Waals surface area contributed by atoms with Gasteiger partial charge < -0.3 is 24.3 Å². The number of benzene rings is 2. The molecule has 2 aromatic heterocycles. The summed E-state index contributed by atoms with van der Waals surface area (Å²) < 4.78 is 11.4. The third-order valence-electron chi connectivity index (χ3n) is 12.0. The third-order valence-corrected chi connectivity index (χ3v) is 12.0. The number of hydrogen-bond donors (Lipinski definition) is 2. The van der Waals surface area contributed by atoms with Crippen LogP contribution >= 0.6 is 0 Å². The van der Waals surface area contributed by atoms with E-state index in [9.17, 15) is 9.59 Å². The van der Waals surface area contributed by atoms with E-state index < -0.39 is 11.2 Å². The Kier molecular flexibility index (Phi) is 9.59. The highest BCUT2D eigenvalue weighted by Gasteiger charge is 2.44. The van der Waals surface area contributed by atoms with Gasteiger partial charge in [0.05, 0.1) is 35.9 Å². The Bertz CT molecular complexity index is 2040. The molecule has 0 unspecified atom stereocenters. The SMILES string of the molecule is CN1CCC2(CCc3c(-c4cnc([C@@H]5CCCN5C(=O)OC(C)(C)C)[nH]4)ccc(-c4ccc(-c5cnc([C@@H]6CCCN6C(=O)OC(C)(C)C)[nH]5)cc4)c32)CC1. The van der Waals surface area contributed by atoms with Crippen molar-refractivity contribution in [2.45, 2.75) is 122 Å². The zero-order valence-electron chi connectivity index (χ0n) is 33.6. The molecule has 3 aliphatic heterocycles. The lowest BCUT2D eigenvalue weighted by atomic mass is 9.71. The second-order valence-corrected chi connectivity index (χ2v) is 18.2. The van der Waals surface area contributed by atoms with E-state index in [1.54, 1.807) is 4.90 Å². The van der Waals surface area contributed by atoms with Crippen molar-refractivity contribution < 1.29 is 19.1 Å². The minimum absolute atomic E-state index is 0.122. The van der Waals surface area contributed by atoms with Crippen molar-refractivity contribution in [1.82, 2.24) is 34.6 Å². The summed E-state index contributed by atoms with van der Waals surface area (Å²) >= 11 is 0. The lowest BCUT2D eigenvalue weighted by Gasteiger charge is -2.40. The molecule has 2 aromatic carbocycles. The summed E-state index contributed by atoms with van der Waals surface area (Å²) in [6.45, 7) is 14.9. The van der Waals surface area contributed by atoms with Crippen LogP contribution in [0.2, 0.25) is 0 Å². The quantitative estimate of drug-likeness (QED) is 0.209. The average Bonchev–Trinajstić information content (AvgIpc) is 3.98. The van der Waals surface area contributed by atoms with Crippen LogP contribution in [0.5, 0.6) is 0 Å². The van der Waals surface area contributed by atoms with Gasteiger partial charge in [-0.25, -0.2) is 19.6 Å². The lowest BCUT2D eigenvalue weighted by Crippen LogP contribution is -2.39. The number of carbonyl (C=O) groups is 2. The standard InChI is InChI=1S/C44H57N7O4/c1-42(2,3)54-40(52)50-22-8-10-35(50)38-45-26-33(47-38)29-14-12-28(13-15-29)30-16-17-31(32-18-19-44(37(30)32)20-24-49(7)25-21-44)34-27-46-39(48-34)36-11-9-23-51(36)41(53)55-43(4,5)6/h12-17,26-27,35-36H,8-11,18-25H2,1-7H3,(H,45,47)(H,46,48)/t35-,36-/m0/s1. The van der Waals surface area contributed by atoms with Crippen LogP contribution in [-0.2, 0) is 21.3 Å². The normalized spacial score (nSPS) is 21.4. The first kappa shape index (κ1) is 37.3. The number of fused-ring (bicyclic) bond motifs is 2. The molecule has 2 amide bonds. The number of piperidine rings is 1. The fourth-order valence-electron chi connectivity index (χ4n) is 9.35. The molecular weight excluding hydrogens is 691 g/mol. The van der Waals surface area contributed by atoms with Crippen LogP contribution in [0.15, 0.2) is 48.8 Å². The highest BCUT2D eigenvalue weighted by molar-refractivity contribution is 5.80. The van der Waals surface area contributed by atoms with Crippen molar-refractivity contribution in [2.75, 3.05) is 33.2 Å². The number of nitrogens with one attached hydrogen (secondary N) is 2. The summed E-state index contributed by atoms with van der Waals surface area (Å²) in [6.07, 6.45) is 11.3. The van der Waals surface area contributed by atoms with Gasteiger partial charge in [-0.05, 0) is 146 Å². The minimum atomic E-state index is -0.546. The number of rotatable bonds is 5. The first-order valence-corrected chi connectivity index (χ1v) is 20.2. The molecule has 1 spiro atoms. The molecule has 3 saturated heterocycles. The fraction of sp³-hybridized carbons (Fsp3) is 0.545.